The Kier molecular flexibility index (Phi) is 6.76. The summed E-state index contributed by atoms with van der Waals surface area (Å²) in [7, 11) is 0. The topological polar surface area (TPSA) is 65.1 Å². The summed E-state index contributed by atoms with van der Waals surface area (Å²) >= 11 is 0. The molecule has 3 fully saturated rings. The predicted octanol–water partition coefficient (Wildman–Crippen LogP) is 0.546. The molecule has 154 valence electrons. The third-order valence-electron chi connectivity index (χ3n) is 5.87. The number of nitrogens with zero attached hydrogens (tertiary/aromatic N) is 3. The zero-order valence-corrected chi connectivity index (χ0v) is 17.2. The molecule has 3 saturated heterocycles. The Hall–Kier alpha value is -1.18. The molecule has 0 unspecified atom stereocenters. The Morgan fingerprint density at radius 3 is 2.41 bits per heavy atom. The highest BCUT2D eigenvalue weighted by Gasteiger charge is 2.36. The minimum atomic E-state index is -0.331. The Balaban J connectivity index is 1.52. The minimum absolute atomic E-state index is 0.00190. The average Bonchev–Trinajstić information content (AvgIpc) is 2.64. The van der Waals surface area contributed by atoms with Crippen molar-refractivity contribution in [3.05, 3.63) is 0 Å². The minimum Gasteiger partial charge on any atom is -0.379 e. The molecule has 0 radical (unpaired) electrons. The number of carbonyl (C=O) groups is 2. The van der Waals surface area contributed by atoms with Crippen molar-refractivity contribution >= 4 is 11.8 Å². The zero-order valence-electron chi connectivity index (χ0n) is 17.2. The van der Waals surface area contributed by atoms with Crippen LogP contribution in [0.3, 0.4) is 0 Å². The Bertz CT molecular complexity index is 520. The van der Waals surface area contributed by atoms with Crippen molar-refractivity contribution in [3.8, 4) is 0 Å². The van der Waals surface area contributed by atoms with Gasteiger partial charge in [0.25, 0.3) is 0 Å². The summed E-state index contributed by atoms with van der Waals surface area (Å²) in [6.45, 7) is 14.1. The summed E-state index contributed by atoms with van der Waals surface area (Å²) in [6, 6.07) is 0.232. The highest BCUT2D eigenvalue weighted by Crippen LogP contribution is 2.22. The second kappa shape index (κ2) is 8.88. The average molecular weight is 381 g/mol. The number of piperidine rings is 1. The maximum absolute atomic E-state index is 12.9. The van der Waals surface area contributed by atoms with E-state index >= 15 is 0 Å². The molecule has 27 heavy (non-hydrogen) atoms. The number of hydrogen-bond donors (Lipinski definition) is 1. The van der Waals surface area contributed by atoms with E-state index in [1.807, 2.05) is 4.90 Å². The first-order valence-electron chi connectivity index (χ1n) is 10.4. The third-order valence-corrected chi connectivity index (χ3v) is 5.87. The quantitative estimate of drug-likeness (QED) is 0.772. The molecule has 0 aromatic rings. The molecule has 7 heteroatoms. The maximum atomic E-state index is 12.9. The van der Waals surface area contributed by atoms with Crippen LogP contribution in [0.2, 0.25) is 0 Å². The van der Waals surface area contributed by atoms with Crippen LogP contribution in [0.4, 0.5) is 0 Å². The standard InChI is InChI=1S/C20H36N4O3/c1-20(2,3)15-24-9-6-21-19(26)17(24)14-18(25)23-7-4-16(5-8-23)22-10-12-27-13-11-22/h16-17H,4-15H2,1-3H3,(H,21,26)/t17-/m0/s1. The van der Waals surface area contributed by atoms with E-state index in [0.717, 1.165) is 65.3 Å². The number of rotatable bonds is 4. The number of amides is 2. The van der Waals surface area contributed by atoms with Crippen LogP contribution in [0.5, 0.6) is 0 Å². The Morgan fingerprint density at radius 1 is 1.11 bits per heavy atom. The number of morpholine rings is 1. The summed E-state index contributed by atoms with van der Waals surface area (Å²) in [5.41, 5.74) is 0.107. The number of carbonyl (C=O) groups excluding carboxylic acids is 2. The second-order valence-corrected chi connectivity index (χ2v) is 9.30. The van der Waals surface area contributed by atoms with Crippen LogP contribution in [0.15, 0.2) is 0 Å². The van der Waals surface area contributed by atoms with Gasteiger partial charge in [-0.2, -0.15) is 0 Å². The van der Waals surface area contributed by atoms with Crippen molar-refractivity contribution < 1.29 is 14.3 Å². The van der Waals surface area contributed by atoms with Gasteiger partial charge in [0.05, 0.1) is 25.7 Å². The van der Waals surface area contributed by atoms with E-state index in [1.165, 1.54) is 0 Å². The van der Waals surface area contributed by atoms with Crippen molar-refractivity contribution in [1.82, 2.24) is 20.0 Å². The van der Waals surface area contributed by atoms with Crippen molar-refractivity contribution in [3.63, 3.8) is 0 Å². The lowest BCUT2D eigenvalue weighted by Gasteiger charge is -2.41. The highest BCUT2D eigenvalue weighted by atomic mass is 16.5. The van der Waals surface area contributed by atoms with E-state index < -0.39 is 0 Å². The summed E-state index contributed by atoms with van der Waals surface area (Å²) in [4.78, 5) is 32.0. The smallest absolute Gasteiger partial charge is 0.237 e. The van der Waals surface area contributed by atoms with Gasteiger partial charge in [-0.05, 0) is 18.3 Å². The summed E-state index contributed by atoms with van der Waals surface area (Å²) in [5, 5.41) is 2.94. The molecule has 0 spiro atoms. The molecule has 1 atom stereocenters. The van der Waals surface area contributed by atoms with Crippen LogP contribution in [0, 0.1) is 5.41 Å². The molecule has 3 heterocycles. The van der Waals surface area contributed by atoms with E-state index in [4.69, 9.17) is 4.74 Å². The normalized spacial score (nSPS) is 26.9. The first-order chi connectivity index (χ1) is 12.8. The van der Waals surface area contributed by atoms with Crippen LogP contribution >= 0.6 is 0 Å². The van der Waals surface area contributed by atoms with Gasteiger partial charge in [0.15, 0.2) is 0 Å². The SMILES string of the molecule is CC(C)(C)CN1CCNC(=O)[C@@H]1CC(=O)N1CCC(N2CCOCC2)CC1. The number of nitrogens with one attached hydrogen (secondary N) is 1. The van der Waals surface area contributed by atoms with Crippen LogP contribution in [0.1, 0.15) is 40.0 Å². The largest absolute Gasteiger partial charge is 0.379 e. The van der Waals surface area contributed by atoms with E-state index in [9.17, 15) is 9.59 Å². The van der Waals surface area contributed by atoms with Crippen LogP contribution in [-0.2, 0) is 14.3 Å². The van der Waals surface area contributed by atoms with Crippen LogP contribution < -0.4 is 5.32 Å². The molecule has 3 aliphatic rings. The van der Waals surface area contributed by atoms with Gasteiger partial charge in [-0.25, -0.2) is 0 Å². The number of likely N-dealkylation sites (tertiary alicyclic amines) is 1. The molecule has 0 aromatic heterocycles. The number of ether oxygens (including phenoxy) is 1. The van der Waals surface area contributed by atoms with E-state index in [2.05, 4.69) is 35.9 Å². The fraction of sp³-hybridized carbons (Fsp3) is 0.900. The third kappa shape index (κ3) is 5.65. The molecule has 3 rings (SSSR count). The molecule has 3 aliphatic heterocycles. The molecule has 1 N–H and O–H groups in total. The zero-order chi connectivity index (χ0) is 19.4. The lowest BCUT2D eigenvalue weighted by Crippen LogP contribution is -2.58. The van der Waals surface area contributed by atoms with Crippen molar-refractivity contribution in [2.45, 2.75) is 52.1 Å². The van der Waals surface area contributed by atoms with Gasteiger partial charge in [0.2, 0.25) is 11.8 Å². The van der Waals surface area contributed by atoms with Crippen molar-refractivity contribution in [1.29, 1.82) is 0 Å². The molecule has 0 saturated carbocycles. The maximum Gasteiger partial charge on any atom is 0.237 e. The van der Waals surface area contributed by atoms with Gasteiger partial charge in [0.1, 0.15) is 0 Å². The van der Waals surface area contributed by atoms with E-state index in [0.29, 0.717) is 19.0 Å². The van der Waals surface area contributed by atoms with Crippen LogP contribution in [0.25, 0.3) is 0 Å². The van der Waals surface area contributed by atoms with Crippen molar-refractivity contribution in [2.24, 2.45) is 5.41 Å². The van der Waals surface area contributed by atoms with E-state index in [1.54, 1.807) is 0 Å². The summed E-state index contributed by atoms with van der Waals surface area (Å²) < 4.78 is 5.44. The predicted molar refractivity (Wildman–Crippen MR) is 104 cm³/mol. The molecule has 0 bridgehead atoms. The molecule has 0 aliphatic carbocycles. The van der Waals surface area contributed by atoms with Gasteiger partial charge in [-0.3, -0.25) is 19.4 Å². The monoisotopic (exact) mass is 380 g/mol. The molecule has 0 aromatic carbocycles. The summed E-state index contributed by atoms with van der Waals surface area (Å²) in [5.74, 6) is 0.124. The van der Waals surface area contributed by atoms with Gasteiger partial charge in [0, 0.05) is 51.9 Å². The van der Waals surface area contributed by atoms with E-state index in [-0.39, 0.29) is 23.3 Å². The lowest BCUT2D eigenvalue weighted by atomic mass is 9.94. The molecular formula is C20H36N4O3. The Morgan fingerprint density at radius 2 is 1.78 bits per heavy atom. The van der Waals surface area contributed by atoms with Gasteiger partial charge < -0.3 is 15.0 Å². The first-order valence-corrected chi connectivity index (χ1v) is 10.4. The first kappa shape index (κ1) is 20.6. The molecular weight excluding hydrogens is 344 g/mol. The van der Waals surface area contributed by atoms with Gasteiger partial charge >= 0.3 is 0 Å². The fourth-order valence-electron chi connectivity index (χ4n) is 4.50. The fourth-order valence-corrected chi connectivity index (χ4v) is 4.50. The number of hydrogen-bond acceptors (Lipinski definition) is 5. The molecule has 7 nitrogen and oxygen atoms in total. The van der Waals surface area contributed by atoms with Crippen LogP contribution in [-0.4, -0.2) is 97.6 Å². The van der Waals surface area contributed by atoms with Gasteiger partial charge in [-0.15, -0.1) is 0 Å². The lowest BCUT2D eigenvalue weighted by molar-refractivity contribution is -0.140. The van der Waals surface area contributed by atoms with Gasteiger partial charge in [-0.1, -0.05) is 20.8 Å². The summed E-state index contributed by atoms with van der Waals surface area (Å²) in [6.07, 6.45) is 2.34. The molecule has 2 amide bonds. The highest BCUT2D eigenvalue weighted by molar-refractivity contribution is 5.88. The van der Waals surface area contributed by atoms with Crippen molar-refractivity contribution in [2.75, 3.05) is 59.0 Å². The number of piperazine rings is 1. The Labute approximate surface area is 163 Å². The second-order valence-electron chi connectivity index (χ2n) is 9.30.